The topological polar surface area (TPSA) is 78.9 Å². The first-order chi connectivity index (χ1) is 16.5. The summed E-state index contributed by atoms with van der Waals surface area (Å²) < 4.78 is 17.2. The van der Waals surface area contributed by atoms with Crippen LogP contribution in [0.5, 0.6) is 0 Å². The van der Waals surface area contributed by atoms with Gasteiger partial charge >= 0.3 is 17.9 Å². The van der Waals surface area contributed by atoms with Crippen LogP contribution in [0.2, 0.25) is 0 Å². The molecule has 7 heteroatoms. The summed E-state index contributed by atoms with van der Waals surface area (Å²) in [6.07, 6.45) is -1.49. The number of esters is 3. The van der Waals surface area contributed by atoms with Crippen molar-refractivity contribution in [3.05, 3.63) is 108 Å². The molecule has 0 bridgehead atoms. The van der Waals surface area contributed by atoms with Gasteiger partial charge in [0.1, 0.15) is 6.61 Å². The fourth-order valence-corrected chi connectivity index (χ4v) is 5.12. The summed E-state index contributed by atoms with van der Waals surface area (Å²) in [7, 11) is 0. The maximum absolute atomic E-state index is 12.8. The first kappa shape index (κ1) is 23.6. The van der Waals surface area contributed by atoms with Crippen LogP contribution in [0.15, 0.2) is 91.0 Å². The summed E-state index contributed by atoms with van der Waals surface area (Å²) in [6, 6.07) is 25.9. The third-order valence-corrected chi connectivity index (χ3v) is 6.89. The lowest BCUT2D eigenvalue weighted by Crippen LogP contribution is -2.41. The van der Waals surface area contributed by atoms with Crippen molar-refractivity contribution in [2.45, 2.75) is 29.6 Å². The van der Waals surface area contributed by atoms with E-state index >= 15 is 0 Å². The standard InChI is InChI=1S/C27H24O6S/c1-18-23(32-26(29)20-13-7-3-8-14-20)24(33-27(30)21-15-9-4-10-16-21)22(34-18)17-31-25(28)19-11-5-2-6-12-19/h2-16,18,22-24H,17H2,1H3/t18?,22-,23+,24-/m1/s1. The number of thioether (sulfide) groups is 1. The van der Waals surface area contributed by atoms with Gasteiger partial charge < -0.3 is 14.2 Å². The minimum Gasteiger partial charge on any atom is -0.461 e. The Kier molecular flexibility index (Phi) is 7.65. The Bertz CT molecular complexity index is 1120. The molecule has 1 saturated heterocycles. The van der Waals surface area contributed by atoms with E-state index in [0.717, 1.165) is 0 Å². The van der Waals surface area contributed by atoms with Crippen LogP contribution < -0.4 is 0 Å². The van der Waals surface area contributed by atoms with E-state index in [1.165, 1.54) is 11.8 Å². The Morgan fingerprint density at radius 3 is 1.53 bits per heavy atom. The summed E-state index contributed by atoms with van der Waals surface area (Å²) in [6.45, 7) is 1.91. The maximum Gasteiger partial charge on any atom is 0.338 e. The number of rotatable bonds is 7. The molecular formula is C27H24O6S. The highest BCUT2D eigenvalue weighted by molar-refractivity contribution is 8.00. The number of benzene rings is 3. The molecule has 0 amide bonds. The molecule has 174 valence electrons. The molecule has 3 aromatic carbocycles. The first-order valence-electron chi connectivity index (χ1n) is 10.9. The van der Waals surface area contributed by atoms with Gasteiger partial charge in [-0.15, -0.1) is 11.8 Å². The minimum atomic E-state index is -0.788. The van der Waals surface area contributed by atoms with Gasteiger partial charge in [-0.05, 0) is 43.3 Å². The first-order valence-corrected chi connectivity index (χ1v) is 11.9. The molecule has 1 unspecified atom stereocenters. The van der Waals surface area contributed by atoms with Gasteiger partial charge in [-0.1, -0.05) is 54.6 Å². The average Bonchev–Trinajstić information content (AvgIpc) is 3.17. The highest BCUT2D eigenvalue weighted by Crippen LogP contribution is 2.39. The van der Waals surface area contributed by atoms with E-state index in [-0.39, 0.29) is 11.9 Å². The number of carbonyl (C=O) groups excluding carboxylic acids is 3. The van der Waals surface area contributed by atoms with Gasteiger partial charge in [-0.3, -0.25) is 0 Å². The number of ether oxygens (including phenoxy) is 3. The quantitative estimate of drug-likeness (QED) is 0.358. The lowest BCUT2D eigenvalue weighted by atomic mass is 10.1. The van der Waals surface area contributed by atoms with Crippen LogP contribution in [-0.4, -0.2) is 47.2 Å². The van der Waals surface area contributed by atoms with Gasteiger partial charge in [0.2, 0.25) is 0 Å². The van der Waals surface area contributed by atoms with Crippen molar-refractivity contribution in [2.24, 2.45) is 0 Å². The van der Waals surface area contributed by atoms with Crippen molar-refractivity contribution in [1.29, 1.82) is 0 Å². The van der Waals surface area contributed by atoms with Gasteiger partial charge in [0, 0.05) is 5.25 Å². The van der Waals surface area contributed by atoms with E-state index < -0.39 is 35.4 Å². The van der Waals surface area contributed by atoms with Crippen molar-refractivity contribution in [1.82, 2.24) is 0 Å². The van der Waals surface area contributed by atoms with Crippen molar-refractivity contribution in [3.63, 3.8) is 0 Å². The fraction of sp³-hybridized carbons (Fsp3) is 0.222. The zero-order chi connectivity index (χ0) is 23.9. The molecule has 0 aromatic heterocycles. The molecule has 6 nitrogen and oxygen atoms in total. The Balaban J connectivity index is 1.51. The van der Waals surface area contributed by atoms with Gasteiger partial charge in [0.15, 0.2) is 12.2 Å². The van der Waals surface area contributed by atoms with Crippen LogP contribution in [0.25, 0.3) is 0 Å². The molecule has 4 rings (SSSR count). The third kappa shape index (κ3) is 5.66. The zero-order valence-corrected chi connectivity index (χ0v) is 19.4. The van der Waals surface area contributed by atoms with Crippen LogP contribution in [0.3, 0.4) is 0 Å². The second kappa shape index (κ2) is 11.0. The third-order valence-electron chi connectivity index (χ3n) is 5.44. The minimum absolute atomic E-state index is 0.00879. The Labute approximate surface area is 202 Å². The molecule has 0 spiro atoms. The molecule has 1 aliphatic rings. The average molecular weight is 477 g/mol. The van der Waals surface area contributed by atoms with Crippen LogP contribution in [0, 0.1) is 0 Å². The monoisotopic (exact) mass is 476 g/mol. The second-order valence-corrected chi connectivity index (χ2v) is 9.44. The van der Waals surface area contributed by atoms with Crippen LogP contribution in [0.4, 0.5) is 0 Å². The summed E-state index contributed by atoms with van der Waals surface area (Å²) in [5.41, 5.74) is 1.23. The smallest absolute Gasteiger partial charge is 0.338 e. The summed E-state index contributed by atoms with van der Waals surface area (Å²) in [4.78, 5) is 38.0. The molecule has 34 heavy (non-hydrogen) atoms. The van der Waals surface area contributed by atoms with Gasteiger partial charge in [-0.2, -0.15) is 0 Å². The zero-order valence-electron chi connectivity index (χ0n) is 18.5. The van der Waals surface area contributed by atoms with Crippen molar-refractivity contribution < 1.29 is 28.6 Å². The van der Waals surface area contributed by atoms with Gasteiger partial charge in [0.25, 0.3) is 0 Å². The SMILES string of the molecule is CC1S[C@H](COC(=O)c2ccccc2)[C@@H](OC(=O)c2ccccc2)[C@H]1OC(=O)c1ccccc1. The fourth-order valence-electron chi connectivity index (χ4n) is 3.70. The van der Waals surface area contributed by atoms with Crippen molar-refractivity contribution in [2.75, 3.05) is 6.61 Å². The molecule has 1 fully saturated rings. The second-order valence-electron chi connectivity index (χ2n) is 7.82. The van der Waals surface area contributed by atoms with Gasteiger partial charge in [-0.25, -0.2) is 14.4 Å². The van der Waals surface area contributed by atoms with Gasteiger partial charge in [0.05, 0.1) is 21.9 Å². The van der Waals surface area contributed by atoms with E-state index in [1.807, 2.05) is 19.1 Å². The van der Waals surface area contributed by atoms with Crippen molar-refractivity contribution in [3.8, 4) is 0 Å². The highest BCUT2D eigenvalue weighted by atomic mass is 32.2. The predicted octanol–water partition coefficient (Wildman–Crippen LogP) is 4.80. The van der Waals surface area contributed by atoms with Crippen LogP contribution >= 0.6 is 11.8 Å². The molecule has 0 N–H and O–H groups in total. The summed E-state index contributed by atoms with van der Waals surface area (Å²) in [5.74, 6) is -1.49. The summed E-state index contributed by atoms with van der Waals surface area (Å²) in [5, 5.41) is -0.578. The number of hydrogen-bond donors (Lipinski definition) is 0. The van der Waals surface area contributed by atoms with Crippen LogP contribution in [-0.2, 0) is 14.2 Å². The molecule has 0 radical (unpaired) electrons. The van der Waals surface area contributed by atoms with Crippen molar-refractivity contribution >= 4 is 29.7 Å². The normalized spacial score (nSPS) is 21.4. The summed E-state index contributed by atoms with van der Waals surface area (Å²) >= 11 is 1.46. The van der Waals surface area contributed by atoms with E-state index in [0.29, 0.717) is 16.7 Å². The highest BCUT2D eigenvalue weighted by Gasteiger charge is 2.47. The molecule has 1 heterocycles. The Morgan fingerprint density at radius 1 is 0.647 bits per heavy atom. The predicted molar refractivity (Wildman–Crippen MR) is 129 cm³/mol. The Hall–Kier alpha value is -3.58. The molecule has 4 atom stereocenters. The molecule has 1 aliphatic heterocycles. The largest absolute Gasteiger partial charge is 0.461 e. The lowest BCUT2D eigenvalue weighted by Gasteiger charge is -2.25. The number of carbonyl (C=O) groups is 3. The molecule has 0 aliphatic carbocycles. The maximum atomic E-state index is 12.8. The van der Waals surface area contributed by atoms with E-state index in [2.05, 4.69) is 0 Å². The van der Waals surface area contributed by atoms with E-state index in [1.54, 1.807) is 78.9 Å². The Morgan fingerprint density at radius 2 is 1.06 bits per heavy atom. The van der Waals surface area contributed by atoms with Crippen LogP contribution in [0.1, 0.15) is 38.0 Å². The lowest BCUT2D eigenvalue weighted by molar-refractivity contribution is -0.0349. The molecule has 0 saturated carbocycles. The molecule has 3 aromatic rings. The van der Waals surface area contributed by atoms with E-state index in [9.17, 15) is 14.4 Å². The molecular weight excluding hydrogens is 452 g/mol. The number of hydrogen-bond acceptors (Lipinski definition) is 7. The van der Waals surface area contributed by atoms with E-state index in [4.69, 9.17) is 14.2 Å².